The van der Waals surface area contributed by atoms with Crippen molar-refractivity contribution in [1.29, 1.82) is 0 Å². The number of rotatable bonds is 6. The molecule has 2 saturated heterocycles. The molecule has 2 fully saturated rings. The normalized spacial score (nSPS) is 19.8. The minimum atomic E-state index is -0.951. The summed E-state index contributed by atoms with van der Waals surface area (Å²) in [5.74, 6) is 0.216. The highest BCUT2D eigenvalue weighted by molar-refractivity contribution is 5.98. The molecule has 1 spiro atoms. The molecule has 1 N–H and O–H groups in total. The molecule has 204 valence electrons. The minimum absolute atomic E-state index is 0.101. The van der Waals surface area contributed by atoms with E-state index in [0.717, 1.165) is 5.56 Å². The number of methoxy groups -OCH3 is 1. The smallest absolute Gasteiger partial charge is 0.256 e. The van der Waals surface area contributed by atoms with Gasteiger partial charge in [0.2, 0.25) is 11.8 Å². The van der Waals surface area contributed by atoms with Crippen molar-refractivity contribution in [2.24, 2.45) is 5.41 Å². The second-order valence-corrected chi connectivity index (χ2v) is 11.4. The topological polar surface area (TPSA) is 88.2 Å². The number of hydrogen-bond acceptors (Lipinski definition) is 5. The van der Waals surface area contributed by atoms with Gasteiger partial charge in [-0.2, -0.15) is 0 Å². The largest absolute Gasteiger partial charge is 0.497 e. The van der Waals surface area contributed by atoms with Gasteiger partial charge in [-0.25, -0.2) is 0 Å². The molecule has 0 saturated carbocycles. The molecule has 8 nitrogen and oxygen atoms in total. The van der Waals surface area contributed by atoms with Crippen molar-refractivity contribution in [3.63, 3.8) is 0 Å². The van der Waals surface area contributed by atoms with Gasteiger partial charge < -0.3 is 19.7 Å². The van der Waals surface area contributed by atoms with Crippen LogP contribution in [0.1, 0.15) is 68.9 Å². The maximum absolute atomic E-state index is 13.9. The van der Waals surface area contributed by atoms with E-state index in [1.54, 1.807) is 36.3 Å². The molecule has 2 aromatic carbocycles. The van der Waals surface area contributed by atoms with Gasteiger partial charge in [-0.15, -0.1) is 0 Å². The maximum atomic E-state index is 13.9. The van der Waals surface area contributed by atoms with Crippen molar-refractivity contribution < 1.29 is 23.9 Å². The first-order valence-electron chi connectivity index (χ1n) is 13.3. The second-order valence-electron chi connectivity index (χ2n) is 11.4. The summed E-state index contributed by atoms with van der Waals surface area (Å²) in [6.45, 7) is 9.10. The number of nitrogens with one attached hydrogen (secondary N) is 1. The standard InChI is InChI=1S/C30H39N3O5/c1-21(22-9-7-6-8-10-22)31-27(35)25-20-38-30(15-17-32(18-16-30)26(34)19-29(2,3)4)33(25)28(36)23-11-13-24(37-5)14-12-23/h6-14,21,25H,15-20H2,1-5H3,(H,31,35)/t21-,25-/m1/s1. The molecule has 0 unspecified atom stereocenters. The summed E-state index contributed by atoms with van der Waals surface area (Å²) in [6, 6.07) is 15.6. The number of likely N-dealkylation sites (tertiary alicyclic amines) is 1. The monoisotopic (exact) mass is 521 g/mol. The molecule has 3 amide bonds. The van der Waals surface area contributed by atoms with Gasteiger partial charge in [0.25, 0.3) is 5.91 Å². The number of hydrogen-bond donors (Lipinski definition) is 1. The van der Waals surface area contributed by atoms with Crippen LogP contribution in [0.5, 0.6) is 5.75 Å². The van der Waals surface area contributed by atoms with Crippen molar-refractivity contribution in [2.45, 2.75) is 64.8 Å². The summed E-state index contributed by atoms with van der Waals surface area (Å²) in [4.78, 5) is 43.8. The lowest BCUT2D eigenvalue weighted by molar-refractivity contribution is -0.145. The van der Waals surface area contributed by atoms with Crippen LogP contribution in [0.2, 0.25) is 0 Å². The van der Waals surface area contributed by atoms with Crippen molar-refractivity contribution in [3.8, 4) is 5.75 Å². The van der Waals surface area contributed by atoms with Crippen molar-refractivity contribution in [2.75, 3.05) is 26.8 Å². The lowest BCUT2D eigenvalue weighted by atomic mass is 9.90. The lowest BCUT2D eigenvalue weighted by Crippen LogP contribution is -2.60. The molecule has 8 heteroatoms. The Labute approximate surface area is 225 Å². The van der Waals surface area contributed by atoms with Gasteiger partial charge >= 0.3 is 0 Å². The zero-order chi connectivity index (χ0) is 27.5. The molecule has 38 heavy (non-hydrogen) atoms. The average molecular weight is 522 g/mol. The third-order valence-corrected chi connectivity index (χ3v) is 7.36. The summed E-state index contributed by atoms with van der Waals surface area (Å²) in [7, 11) is 1.57. The lowest BCUT2D eigenvalue weighted by Gasteiger charge is -2.45. The van der Waals surface area contributed by atoms with Gasteiger partial charge in [0.1, 0.15) is 17.5 Å². The molecule has 0 bridgehead atoms. The van der Waals surface area contributed by atoms with E-state index in [-0.39, 0.29) is 35.8 Å². The van der Waals surface area contributed by atoms with E-state index in [1.165, 1.54) is 0 Å². The summed E-state index contributed by atoms with van der Waals surface area (Å²) >= 11 is 0. The summed E-state index contributed by atoms with van der Waals surface area (Å²) in [5.41, 5.74) is 0.377. The molecule has 0 aliphatic carbocycles. The Morgan fingerprint density at radius 2 is 1.68 bits per heavy atom. The molecule has 4 rings (SSSR count). The number of carbonyl (C=O) groups is 3. The van der Waals surface area contributed by atoms with Crippen LogP contribution in [0.25, 0.3) is 0 Å². The molecular formula is C30H39N3O5. The summed E-state index contributed by atoms with van der Waals surface area (Å²) in [5, 5.41) is 3.07. The van der Waals surface area contributed by atoms with E-state index in [1.807, 2.05) is 62.9 Å². The highest BCUT2D eigenvalue weighted by atomic mass is 16.5. The van der Waals surface area contributed by atoms with Crippen LogP contribution < -0.4 is 10.1 Å². The Bertz CT molecular complexity index is 1130. The fraction of sp³-hybridized carbons (Fsp3) is 0.500. The zero-order valence-electron chi connectivity index (χ0n) is 23.0. The van der Waals surface area contributed by atoms with E-state index >= 15 is 0 Å². The van der Waals surface area contributed by atoms with Gasteiger partial charge in [-0.05, 0) is 42.2 Å². The predicted molar refractivity (Wildman–Crippen MR) is 145 cm³/mol. The quantitative estimate of drug-likeness (QED) is 0.617. The van der Waals surface area contributed by atoms with Gasteiger partial charge in [0.15, 0.2) is 0 Å². The van der Waals surface area contributed by atoms with Crippen LogP contribution >= 0.6 is 0 Å². The molecule has 2 heterocycles. The van der Waals surface area contributed by atoms with Gasteiger partial charge in [-0.3, -0.25) is 19.3 Å². The SMILES string of the molecule is COc1ccc(C(=O)N2[C@@H](C(=O)N[C@H](C)c3ccccc3)COC23CCN(C(=O)CC(C)(C)C)CC3)cc1. The molecule has 2 atom stereocenters. The summed E-state index contributed by atoms with van der Waals surface area (Å²) < 4.78 is 11.6. The van der Waals surface area contributed by atoms with E-state index in [4.69, 9.17) is 9.47 Å². The Morgan fingerprint density at radius 1 is 1.05 bits per heavy atom. The fourth-order valence-electron chi connectivity index (χ4n) is 5.25. The van der Waals surface area contributed by atoms with Gasteiger partial charge in [0.05, 0.1) is 19.8 Å². The summed E-state index contributed by atoms with van der Waals surface area (Å²) in [6.07, 6.45) is 1.35. The fourth-order valence-corrected chi connectivity index (χ4v) is 5.25. The van der Waals surface area contributed by atoms with E-state index in [2.05, 4.69) is 5.32 Å². The number of piperidine rings is 1. The first-order chi connectivity index (χ1) is 18.0. The maximum Gasteiger partial charge on any atom is 0.256 e. The van der Waals surface area contributed by atoms with Crippen LogP contribution in [0.4, 0.5) is 0 Å². The molecule has 2 aliphatic rings. The Morgan fingerprint density at radius 3 is 2.26 bits per heavy atom. The van der Waals surface area contributed by atoms with Crippen LogP contribution in [-0.4, -0.2) is 66.1 Å². The number of benzene rings is 2. The third kappa shape index (κ3) is 6.01. The number of amides is 3. The highest BCUT2D eigenvalue weighted by Crippen LogP contribution is 2.39. The average Bonchev–Trinajstić information content (AvgIpc) is 3.26. The molecule has 0 radical (unpaired) electrons. The van der Waals surface area contributed by atoms with E-state index < -0.39 is 11.8 Å². The Balaban J connectivity index is 1.57. The Kier molecular flexibility index (Phi) is 8.11. The number of carbonyl (C=O) groups excluding carboxylic acids is 3. The number of nitrogens with zero attached hydrogens (tertiary/aromatic N) is 2. The van der Waals surface area contributed by atoms with Crippen LogP contribution in [0.15, 0.2) is 54.6 Å². The molecule has 2 aliphatic heterocycles. The van der Waals surface area contributed by atoms with E-state index in [9.17, 15) is 14.4 Å². The van der Waals surface area contributed by atoms with Gasteiger partial charge in [0, 0.05) is 37.9 Å². The van der Waals surface area contributed by atoms with Crippen molar-refractivity contribution in [1.82, 2.24) is 15.1 Å². The van der Waals surface area contributed by atoms with Crippen molar-refractivity contribution >= 4 is 17.7 Å². The third-order valence-electron chi connectivity index (χ3n) is 7.36. The predicted octanol–water partition coefficient (Wildman–Crippen LogP) is 4.17. The van der Waals surface area contributed by atoms with Gasteiger partial charge in [-0.1, -0.05) is 51.1 Å². The molecule has 2 aromatic rings. The van der Waals surface area contributed by atoms with E-state index in [0.29, 0.717) is 43.7 Å². The Hall–Kier alpha value is -3.39. The van der Waals surface area contributed by atoms with Crippen molar-refractivity contribution in [3.05, 3.63) is 65.7 Å². The first-order valence-corrected chi connectivity index (χ1v) is 13.3. The molecule has 0 aromatic heterocycles. The van der Waals surface area contributed by atoms with Crippen LogP contribution in [-0.2, 0) is 14.3 Å². The van der Waals surface area contributed by atoms with Crippen LogP contribution in [0.3, 0.4) is 0 Å². The van der Waals surface area contributed by atoms with Crippen LogP contribution in [0, 0.1) is 5.41 Å². The minimum Gasteiger partial charge on any atom is -0.497 e. The zero-order valence-corrected chi connectivity index (χ0v) is 23.0. The molecular weight excluding hydrogens is 482 g/mol. The highest BCUT2D eigenvalue weighted by Gasteiger charge is 2.54. The number of ether oxygens (including phenoxy) is 2. The first kappa shape index (κ1) is 27.6. The second kappa shape index (κ2) is 11.2.